The molecule has 1 rings (SSSR count). The topological polar surface area (TPSA) is 89.3 Å². The molecule has 0 bridgehead atoms. The predicted octanol–water partition coefficient (Wildman–Crippen LogP) is -0.538. The van der Waals surface area contributed by atoms with E-state index in [0.29, 0.717) is 6.42 Å². The third kappa shape index (κ3) is 4.11. The van der Waals surface area contributed by atoms with E-state index in [4.69, 9.17) is 5.11 Å². The summed E-state index contributed by atoms with van der Waals surface area (Å²) >= 11 is 0. The van der Waals surface area contributed by atoms with E-state index in [1.807, 2.05) is 0 Å². The summed E-state index contributed by atoms with van der Waals surface area (Å²) in [6.07, 6.45) is 3.57. The molecule has 0 saturated carbocycles. The molecule has 1 N–H and O–H groups in total. The number of nitrogens with zero attached hydrogens (tertiary/aromatic N) is 2. The molecule has 1 aromatic rings. The number of aromatic nitrogens is 2. The molecule has 0 atom stereocenters. The van der Waals surface area contributed by atoms with Crippen LogP contribution in [0, 0.1) is 0 Å². The third-order valence-corrected chi connectivity index (χ3v) is 3.32. The van der Waals surface area contributed by atoms with Gasteiger partial charge in [-0.3, -0.25) is 9.48 Å². The van der Waals surface area contributed by atoms with Gasteiger partial charge in [0.15, 0.2) is 9.84 Å². The fourth-order valence-electron chi connectivity index (χ4n) is 1.13. The van der Waals surface area contributed by atoms with Gasteiger partial charge in [0.2, 0.25) is 0 Å². The number of rotatable bonds is 5. The predicted molar refractivity (Wildman–Crippen MR) is 53.2 cm³/mol. The maximum Gasteiger partial charge on any atom is 0.318 e. The average molecular weight is 232 g/mol. The molecule has 0 radical (unpaired) electrons. The van der Waals surface area contributed by atoms with Crippen molar-refractivity contribution in [2.75, 3.05) is 11.5 Å². The number of carboxylic acid groups (broad SMARTS) is 1. The fourth-order valence-corrected chi connectivity index (χ4v) is 2.20. The highest BCUT2D eigenvalue weighted by Crippen LogP contribution is 2.01. The van der Waals surface area contributed by atoms with E-state index in [2.05, 4.69) is 5.10 Å². The largest absolute Gasteiger partial charge is 0.480 e. The highest BCUT2D eigenvalue weighted by atomic mass is 32.2. The van der Waals surface area contributed by atoms with Crippen LogP contribution in [0.15, 0.2) is 12.4 Å². The van der Waals surface area contributed by atoms with E-state index in [9.17, 15) is 13.2 Å². The molecule has 0 amide bonds. The lowest BCUT2D eigenvalue weighted by Crippen LogP contribution is -2.19. The van der Waals surface area contributed by atoms with E-state index in [1.165, 1.54) is 0 Å². The Balaban J connectivity index is 2.53. The van der Waals surface area contributed by atoms with Gasteiger partial charge in [-0.05, 0) is 12.0 Å². The number of hydrogen-bond donors (Lipinski definition) is 1. The zero-order valence-corrected chi connectivity index (χ0v) is 9.07. The van der Waals surface area contributed by atoms with Crippen molar-refractivity contribution in [2.24, 2.45) is 7.05 Å². The molecule has 0 aromatic carbocycles. The number of aryl methyl sites for hydroxylation is 2. The highest BCUT2D eigenvalue weighted by Gasteiger charge is 2.15. The summed E-state index contributed by atoms with van der Waals surface area (Å²) in [5.41, 5.74) is 0.784. The molecular weight excluding hydrogens is 220 g/mol. The Morgan fingerprint density at radius 2 is 2.27 bits per heavy atom. The van der Waals surface area contributed by atoms with Crippen LogP contribution in [0.1, 0.15) is 5.56 Å². The van der Waals surface area contributed by atoms with E-state index in [-0.39, 0.29) is 5.75 Å². The van der Waals surface area contributed by atoms with Crippen LogP contribution < -0.4 is 0 Å². The van der Waals surface area contributed by atoms with Crippen molar-refractivity contribution >= 4 is 15.8 Å². The SMILES string of the molecule is Cn1cc(CCS(=O)(=O)CC(=O)O)cn1. The van der Waals surface area contributed by atoms with Gasteiger partial charge in [0.25, 0.3) is 0 Å². The van der Waals surface area contributed by atoms with Crippen LogP contribution in [0.5, 0.6) is 0 Å². The van der Waals surface area contributed by atoms with Crippen LogP contribution in [-0.4, -0.2) is 40.8 Å². The van der Waals surface area contributed by atoms with Gasteiger partial charge >= 0.3 is 5.97 Å². The molecule has 7 heteroatoms. The van der Waals surface area contributed by atoms with Crippen LogP contribution in [-0.2, 0) is 28.1 Å². The van der Waals surface area contributed by atoms with Crippen molar-refractivity contribution in [2.45, 2.75) is 6.42 Å². The maximum atomic E-state index is 11.2. The van der Waals surface area contributed by atoms with Gasteiger partial charge in [-0.25, -0.2) is 8.42 Å². The van der Waals surface area contributed by atoms with Crippen molar-refractivity contribution in [3.05, 3.63) is 18.0 Å². The van der Waals surface area contributed by atoms with Crippen molar-refractivity contribution in [1.29, 1.82) is 0 Å². The summed E-state index contributed by atoms with van der Waals surface area (Å²) in [5, 5.41) is 12.2. The molecule has 0 aliphatic carbocycles. The second-order valence-electron chi connectivity index (χ2n) is 3.26. The van der Waals surface area contributed by atoms with Crippen LogP contribution in [0.3, 0.4) is 0 Å². The van der Waals surface area contributed by atoms with E-state index in [0.717, 1.165) is 5.56 Å². The Hall–Kier alpha value is -1.37. The highest BCUT2D eigenvalue weighted by molar-refractivity contribution is 7.92. The lowest BCUT2D eigenvalue weighted by Gasteiger charge is -1.98. The summed E-state index contributed by atoms with van der Waals surface area (Å²) in [7, 11) is -1.77. The normalized spacial score (nSPS) is 11.5. The smallest absolute Gasteiger partial charge is 0.318 e. The number of sulfone groups is 1. The molecule has 0 saturated heterocycles. The third-order valence-electron chi connectivity index (χ3n) is 1.80. The van der Waals surface area contributed by atoms with Crippen molar-refractivity contribution in [3.63, 3.8) is 0 Å². The first kappa shape index (κ1) is 11.7. The average Bonchev–Trinajstić information content (AvgIpc) is 2.46. The van der Waals surface area contributed by atoms with Crippen LogP contribution in [0.4, 0.5) is 0 Å². The Kier molecular flexibility index (Phi) is 3.46. The monoisotopic (exact) mass is 232 g/mol. The van der Waals surface area contributed by atoms with Gasteiger partial charge in [-0.1, -0.05) is 0 Å². The lowest BCUT2D eigenvalue weighted by molar-refractivity contribution is -0.134. The van der Waals surface area contributed by atoms with Gasteiger partial charge in [-0.2, -0.15) is 5.10 Å². The van der Waals surface area contributed by atoms with Gasteiger partial charge in [0.05, 0.1) is 11.9 Å². The van der Waals surface area contributed by atoms with E-state index < -0.39 is 21.6 Å². The van der Waals surface area contributed by atoms with E-state index >= 15 is 0 Å². The van der Waals surface area contributed by atoms with Gasteiger partial charge < -0.3 is 5.11 Å². The summed E-state index contributed by atoms with van der Waals surface area (Å²) < 4.78 is 24.0. The molecule has 1 aromatic heterocycles. The molecule has 0 aliphatic heterocycles. The molecule has 15 heavy (non-hydrogen) atoms. The Bertz CT molecular complexity index is 449. The summed E-state index contributed by atoms with van der Waals surface area (Å²) in [6.45, 7) is 0. The van der Waals surface area contributed by atoms with Gasteiger partial charge in [-0.15, -0.1) is 0 Å². The number of carboxylic acids is 1. The Labute approximate surface area is 87.4 Å². The lowest BCUT2D eigenvalue weighted by atomic mass is 10.3. The summed E-state index contributed by atoms with van der Waals surface area (Å²) in [4.78, 5) is 10.2. The maximum absolute atomic E-state index is 11.2. The second kappa shape index (κ2) is 4.43. The zero-order chi connectivity index (χ0) is 11.5. The molecule has 0 aliphatic rings. The van der Waals surface area contributed by atoms with Gasteiger partial charge in [0, 0.05) is 13.2 Å². The summed E-state index contributed by atoms with van der Waals surface area (Å²) in [5.74, 6) is -2.29. The quantitative estimate of drug-likeness (QED) is 0.736. The molecule has 0 fully saturated rings. The zero-order valence-electron chi connectivity index (χ0n) is 8.25. The van der Waals surface area contributed by atoms with Gasteiger partial charge in [0.1, 0.15) is 5.75 Å². The molecule has 84 valence electrons. The Morgan fingerprint density at radius 1 is 1.60 bits per heavy atom. The Morgan fingerprint density at radius 3 is 2.73 bits per heavy atom. The minimum absolute atomic E-state index is 0.162. The molecular formula is C8H12N2O4S. The minimum Gasteiger partial charge on any atom is -0.480 e. The molecule has 1 heterocycles. The van der Waals surface area contributed by atoms with Crippen molar-refractivity contribution in [1.82, 2.24) is 9.78 Å². The first-order valence-corrected chi connectivity index (χ1v) is 6.11. The number of hydrogen-bond acceptors (Lipinski definition) is 4. The number of carbonyl (C=O) groups is 1. The minimum atomic E-state index is -3.51. The van der Waals surface area contributed by atoms with E-state index in [1.54, 1.807) is 24.1 Å². The standard InChI is InChI=1S/C8H12N2O4S/c1-10-5-7(4-9-10)2-3-15(13,14)6-8(11)12/h4-5H,2-3,6H2,1H3,(H,11,12). The summed E-state index contributed by atoms with van der Waals surface area (Å²) in [6, 6.07) is 0. The second-order valence-corrected chi connectivity index (χ2v) is 5.44. The molecule has 0 spiro atoms. The number of aliphatic carboxylic acids is 1. The van der Waals surface area contributed by atoms with Crippen molar-refractivity contribution in [3.8, 4) is 0 Å². The fraction of sp³-hybridized carbons (Fsp3) is 0.500. The van der Waals surface area contributed by atoms with Crippen LogP contribution in [0.25, 0.3) is 0 Å². The van der Waals surface area contributed by atoms with Crippen molar-refractivity contribution < 1.29 is 18.3 Å². The first-order chi connectivity index (χ1) is 6.89. The molecule has 6 nitrogen and oxygen atoms in total. The molecule has 0 unspecified atom stereocenters. The van der Waals surface area contributed by atoms with Crippen LogP contribution >= 0.6 is 0 Å². The van der Waals surface area contributed by atoms with Crippen LogP contribution in [0.2, 0.25) is 0 Å². The first-order valence-electron chi connectivity index (χ1n) is 4.29.